The van der Waals surface area contributed by atoms with Crippen molar-refractivity contribution in [1.82, 2.24) is 0 Å². The highest BCUT2D eigenvalue weighted by Gasteiger charge is 2.42. The first-order valence-corrected chi connectivity index (χ1v) is 12.8. The summed E-state index contributed by atoms with van der Waals surface area (Å²) in [5.74, 6) is -0.0289. The van der Waals surface area contributed by atoms with Gasteiger partial charge in [-0.25, -0.2) is 0 Å². The average molecular weight is 445 g/mol. The van der Waals surface area contributed by atoms with E-state index in [4.69, 9.17) is 9.47 Å². The fourth-order valence-corrected chi connectivity index (χ4v) is 4.09. The van der Waals surface area contributed by atoms with Gasteiger partial charge in [0.25, 0.3) is 0 Å². The summed E-state index contributed by atoms with van der Waals surface area (Å²) in [5.41, 5.74) is 0. The lowest BCUT2D eigenvalue weighted by Crippen LogP contribution is -2.57. The molecule has 1 fully saturated rings. The zero-order chi connectivity index (χ0) is 22.9. The Kier molecular flexibility index (Phi) is 16.5. The van der Waals surface area contributed by atoms with Crippen LogP contribution in [0.1, 0.15) is 117 Å². The summed E-state index contributed by atoms with van der Waals surface area (Å²) in [4.78, 5) is 12.0. The molecule has 1 aliphatic rings. The Morgan fingerprint density at radius 3 is 1.65 bits per heavy atom. The maximum Gasteiger partial charge on any atom is 0.187 e. The van der Waals surface area contributed by atoms with Crippen molar-refractivity contribution in [3.63, 3.8) is 0 Å². The lowest BCUT2D eigenvalue weighted by atomic mass is 10.00. The molecular weight excluding hydrogens is 396 g/mol. The number of ether oxygens (including phenoxy) is 2. The van der Waals surface area contributed by atoms with E-state index in [-0.39, 0.29) is 12.4 Å². The summed E-state index contributed by atoms with van der Waals surface area (Å²) < 4.78 is 10.7. The molecule has 0 saturated carbocycles. The maximum absolute atomic E-state index is 12.0. The standard InChI is InChI=1S/C25H48O6/c1-3-4-5-6-7-8-9-10-11-12-13-14-15-16-17-18-21(26)19-30-25-24(29)23(28)22(27)20(2)31-25/h20,22-25,27-29H,3-19H2,1-2H3/t20-,22+,23+,24-,25+/m0/s1. The van der Waals surface area contributed by atoms with E-state index >= 15 is 0 Å². The van der Waals surface area contributed by atoms with Gasteiger partial charge in [0.2, 0.25) is 0 Å². The van der Waals surface area contributed by atoms with Crippen LogP contribution in [0, 0.1) is 0 Å². The molecule has 1 rings (SSSR count). The summed E-state index contributed by atoms with van der Waals surface area (Å²) in [5, 5.41) is 29.3. The molecule has 5 atom stereocenters. The molecule has 6 nitrogen and oxygen atoms in total. The Hall–Kier alpha value is -0.530. The van der Waals surface area contributed by atoms with Gasteiger partial charge in [0, 0.05) is 6.42 Å². The van der Waals surface area contributed by atoms with Gasteiger partial charge < -0.3 is 24.8 Å². The number of hydrogen-bond donors (Lipinski definition) is 3. The number of unbranched alkanes of at least 4 members (excludes halogenated alkanes) is 14. The number of carbonyl (C=O) groups is 1. The number of carbonyl (C=O) groups excluding carboxylic acids is 1. The Morgan fingerprint density at radius 1 is 0.710 bits per heavy atom. The molecule has 0 unspecified atom stereocenters. The molecule has 0 radical (unpaired) electrons. The van der Waals surface area contributed by atoms with E-state index in [9.17, 15) is 20.1 Å². The first-order valence-electron chi connectivity index (χ1n) is 12.8. The minimum absolute atomic E-state index is 0.0289. The summed E-state index contributed by atoms with van der Waals surface area (Å²) in [6.45, 7) is 3.71. The molecule has 1 aliphatic heterocycles. The van der Waals surface area contributed by atoms with Crippen LogP contribution in [0.5, 0.6) is 0 Å². The summed E-state index contributed by atoms with van der Waals surface area (Å²) in [7, 11) is 0. The van der Waals surface area contributed by atoms with E-state index in [1.54, 1.807) is 6.92 Å². The van der Waals surface area contributed by atoms with Crippen LogP contribution in [0.2, 0.25) is 0 Å². The van der Waals surface area contributed by atoms with Crippen LogP contribution in [-0.2, 0) is 14.3 Å². The van der Waals surface area contributed by atoms with Gasteiger partial charge in [-0.15, -0.1) is 0 Å². The molecular formula is C25H48O6. The minimum Gasteiger partial charge on any atom is -0.388 e. The highest BCUT2D eigenvalue weighted by molar-refractivity contribution is 5.79. The van der Waals surface area contributed by atoms with Crippen molar-refractivity contribution < 1.29 is 29.6 Å². The van der Waals surface area contributed by atoms with Crippen molar-refractivity contribution in [2.45, 2.75) is 147 Å². The van der Waals surface area contributed by atoms with Crippen LogP contribution < -0.4 is 0 Å². The van der Waals surface area contributed by atoms with Crippen molar-refractivity contribution >= 4 is 5.78 Å². The minimum atomic E-state index is -1.36. The van der Waals surface area contributed by atoms with Crippen molar-refractivity contribution in [2.75, 3.05) is 6.61 Å². The van der Waals surface area contributed by atoms with Gasteiger partial charge in [-0.05, 0) is 13.3 Å². The molecule has 3 N–H and O–H groups in total. The van der Waals surface area contributed by atoms with Crippen molar-refractivity contribution in [3.05, 3.63) is 0 Å². The van der Waals surface area contributed by atoms with Gasteiger partial charge in [-0.2, -0.15) is 0 Å². The quantitative estimate of drug-likeness (QED) is 0.251. The van der Waals surface area contributed by atoms with Gasteiger partial charge in [-0.1, -0.05) is 96.8 Å². The van der Waals surface area contributed by atoms with Crippen molar-refractivity contribution in [1.29, 1.82) is 0 Å². The van der Waals surface area contributed by atoms with E-state index in [0.717, 1.165) is 19.3 Å². The number of rotatable bonds is 19. The molecule has 184 valence electrons. The van der Waals surface area contributed by atoms with E-state index in [2.05, 4.69) is 6.92 Å². The highest BCUT2D eigenvalue weighted by Crippen LogP contribution is 2.22. The smallest absolute Gasteiger partial charge is 0.187 e. The first-order chi connectivity index (χ1) is 15.0. The second kappa shape index (κ2) is 18.0. The van der Waals surface area contributed by atoms with Crippen LogP contribution in [0.3, 0.4) is 0 Å². The molecule has 0 aliphatic carbocycles. The van der Waals surface area contributed by atoms with Crippen molar-refractivity contribution in [3.8, 4) is 0 Å². The maximum atomic E-state index is 12.0. The predicted molar refractivity (Wildman–Crippen MR) is 123 cm³/mol. The lowest BCUT2D eigenvalue weighted by Gasteiger charge is -2.38. The fraction of sp³-hybridized carbons (Fsp3) is 0.960. The van der Waals surface area contributed by atoms with E-state index in [1.165, 1.54) is 77.0 Å². The zero-order valence-corrected chi connectivity index (χ0v) is 20.0. The number of hydrogen-bond acceptors (Lipinski definition) is 6. The molecule has 0 spiro atoms. The highest BCUT2D eigenvalue weighted by atomic mass is 16.7. The molecule has 31 heavy (non-hydrogen) atoms. The number of Topliss-reactive ketones (excluding diaryl/α,β-unsaturated/α-hetero) is 1. The topological polar surface area (TPSA) is 96.2 Å². The van der Waals surface area contributed by atoms with Crippen LogP contribution in [0.4, 0.5) is 0 Å². The Labute approximate surface area is 189 Å². The zero-order valence-electron chi connectivity index (χ0n) is 20.0. The van der Waals surface area contributed by atoms with Crippen LogP contribution >= 0.6 is 0 Å². The second-order valence-corrected chi connectivity index (χ2v) is 9.23. The number of ketones is 1. The molecule has 0 bridgehead atoms. The van der Waals surface area contributed by atoms with Crippen molar-refractivity contribution in [2.24, 2.45) is 0 Å². The Morgan fingerprint density at radius 2 is 1.16 bits per heavy atom. The number of aliphatic hydroxyl groups excluding tert-OH is 3. The van der Waals surface area contributed by atoms with Crippen LogP contribution in [0.15, 0.2) is 0 Å². The average Bonchev–Trinajstić information content (AvgIpc) is 2.76. The third-order valence-electron chi connectivity index (χ3n) is 6.28. The first kappa shape index (κ1) is 28.5. The third-order valence-corrected chi connectivity index (χ3v) is 6.28. The third kappa shape index (κ3) is 12.9. The molecule has 0 amide bonds. The van der Waals surface area contributed by atoms with Crippen LogP contribution in [-0.4, -0.2) is 58.4 Å². The molecule has 0 aromatic heterocycles. The van der Waals surface area contributed by atoms with E-state index < -0.39 is 30.7 Å². The number of aliphatic hydroxyl groups is 3. The summed E-state index contributed by atoms with van der Waals surface area (Å²) in [6.07, 6.45) is 14.2. The van der Waals surface area contributed by atoms with E-state index in [1.807, 2.05) is 0 Å². The molecule has 1 saturated heterocycles. The van der Waals surface area contributed by atoms with Gasteiger partial charge in [0.05, 0.1) is 6.10 Å². The molecule has 6 heteroatoms. The summed E-state index contributed by atoms with van der Waals surface area (Å²) in [6, 6.07) is 0. The fourth-order valence-electron chi connectivity index (χ4n) is 4.09. The predicted octanol–water partition coefficient (Wildman–Crippen LogP) is 4.66. The second-order valence-electron chi connectivity index (χ2n) is 9.23. The van der Waals surface area contributed by atoms with Gasteiger partial charge in [0.15, 0.2) is 12.1 Å². The Bertz CT molecular complexity index is 444. The molecule has 0 aromatic rings. The Balaban J connectivity index is 1.89. The van der Waals surface area contributed by atoms with Gasteiger partial charge in [0.1, 0.15) is 24.9 Å². The van der Waals surface area contributed by atoms with Gasteiger partial charge >= 0.3 is 0 Å². The van der Waals surface area contributed by atoms with Crippen LogP contribution in [0.25, 0.3) is 0 Å². The molecule has 0 aromatic carbocycles. The largest absolute Gasteiger partial charge is 0.388 e. The SMILES string of the molecule is CCCCCCCCCCCCCCCCCC(=O)CO[C@@H]1O[C@@H](C)[C@@H](O)[C@@H](O)[C@@H]1O. The van der Waals surface area contributed by atoms with E-state index in [0.29, 0.717) is 6.42 Å². The van der Waals surface area contributed by atoms with Gasteiger partial charge in [-0.3, -0.25) is 4.79 Å². The lowest BCUT2D eigenvalue weighted by molar-refractivity contribution is -0.291. The summed E-state index contributed by atoms with van der Waals surface area (Å²) >= 11 is 0. The normalized spacial score (nSPS) is 26.3. The molecule has 1 heterocycles. The monoisotopic (exact) mass is 444 g/mol.